The number of amides is 1. The van der Waals surface area contributed by atoms with Crippen LogP contribution in [-0.4, -0.2) is 37.6 Å². The summed E-state index contributed by atoms with van der Waals surface area (Å²) in [6.07, 6.45) is 0.214. The van der Waals surface area contributed by atoms with Gasteiger partial charge in [0.15, 0.2) is 11.6 Å². The predicted octanol–water partition coefficient (Wildman–Crippen LogP) is 2.04. The van der Waals surface area contributed by atoms with Gasteiger partial charge in [-0.3, -0.25) is 4.79 Å². The Balaban J connectivity index is 2.38. The van der Waals surface area contributed by atoms with Crippen molar-refractivity contribution in [1.82, 2.24) is 4.90 Å². The topological polar surface area (TPSA) is 55.6 Å². The van der Waals surface area contributed by atoms with E-state index in [9.17, 15) is 9.18 Å². The summed E-state index contributed by atoms with van der Waals surface area (Å²) in [6.45, 7) is 5.27. The van der Waals surface area contributed by atoms with E-state index in [1.807, 2.05) is 13.8 Å². The average molecular weight is 282 g/mol. The van der Waals surface area contributed by atoms with Crippen molar-refractivity contribution in [1.29, 1.82) is 0 Å². The van der Waals surface area contributed by atoms with E-state index in [-0.39, 0.29) is 30.1 Å². The molecular weight excluding hydrogens is 259 g/mol. The van der Waals surface area contributed by atoms with Crippen LogP contribution >= 0.6 is 0 Å². The van der Waals surface area contributed by atoms with E-state index in [1.54, 1.807) is 30.1 Å². The number of carbonyl (C=O) groups excluding carboxylic acids is 1. The molecule has 0 aliphatic carbocycles. The van der Waals surface area contributed by atoms with Gasteiger partial charge in [-0.2, -0.15) is 0 Å². The van der Waals surface area contributed by atoms with Crippen molar-refractivity contribution in [2.75, 3.05) is 26.7 Å². The maximum atomic E-state index is 13.3. The van der Waals surface area contributed by atoms with Crippen LogP contribution in [0.2, 0.25) is 0 Å². The van der Waals surface area contributed by atoms with Crippen LogP contribution in [0.25, 0.3) is 0 Å². The minimum atomic E-state index is -0.419. The third-order valence-electron chi connectivity index (χ3n) is 3.05. The molecule has 1 aromatic carbocycles. The third kappa shape index (κ3) is 5.17. The molecule has 0 atom stereocenters. The van der Waals surface area contributed by atoms with Gasteiger partial charge in [0.05, 0.1) is 13.0 Å². The summed E-state index contributed by atoms with van der Waals surface area (Å²) in [4.78, 5) is 13.6. The summed E-state index contributed by atoms with van der Waals surface area (Å²) >= 11 is 0. The molecule has 0 bridgehead atoms. The number of rotatable bonds is 7. The molecule has 5 heteroatoms. The van der Waals surface area contributed by atoms with Crippen molar-refractivity contribution in [3.8, 4) is 5.75 Å². The smallest absolute Gasteiger partial charge is 0.225 e. The zero-order valence-electron chi connectivity index (χ0n) is 12.4. The Morgan fingerprint density at radius 1 is 1.40 bits per heavy atom. The van der Waals surface area contributed by atoms with Crippen LogP contribution in [0.5, 0.6) is 5.75 Å². The largest absolute Gasteiger partial charge is 0.490 e. The second kappa shape index (κ2) is 7.24. The number of ether oxygens (including phenoxy) is 1. The lowest BCUT2D eigenvalue weighted by Crippen LogP contribution is -2.40. The van der Waals surface area contributed by atoms with Gasteiger partial charge in [0.1, 0.15) is 0 Å². The van der Waals surface area contributed by atoms with Crippen molar-refractivity contribution >= 4 is 5.91 Å². The van der Waals surface area contributed by atoms with Crippen molar-refractivity contribution in [2.24, 2.45) is 11.1 Å². The molecule has 0 heterocycles. The maximum absolute atomic E-state index is 13.3. The lowest BCUT2D eigenvalue weighted by atomic mass is 9.93. The Morgan fingerprint density at radius 2 is 2.05 bits per heavy atom. The quantitative estimate of drug-likeness (QED) is 0.832. The Bertz CT molecular complexity index is 449. The molecule has 0 saturated carbocycles. The van der Waals surface area contributed by atoms with E-state index in [4.69, 9.17) is 10.5 Å². The molecule has 2 N–H and O–H groups in total. The van der Waals surface area contributed by atoms with Gasteiger partial charge in [-0.15, -0.1) is 0 Å². The van der Waals surface area contributed by atoms with Gasteiger partial charge in [0.2, 0.25) is 5.91 Å². The van der Waals surface area contributed by atoms with Gasteiger partial charge in [-0.05, 0) is 24.1 Å². The first-order valence-electron chi connectivity index (χ1n) is 6.67. The fourth-order valence-corrected chi connectivity index (χ4v) is 1.80. The van der Waals surface area contributed by atoms with E-state index < -0.39 is 5.82 Å². The van der Waals surface area contributed by atoms with Gasteiger partial charge >= 0.3 is 0 Å². The number of halogens is 1. The average Bonchev–Trinajstić information content (AvgIpc) is 2.40. The molecule has 0 aliphatic rings. The summed E-state index contributed by atoms with van der Waals surface area (Å²) in [6, 6.07) is 6.15. The first-order chi connectivity index (χ1) is 9.35. The standard InChI is InChI=1S/C15H23FN2O2/c1-15(2,10-17)11-18(3)14(19)8-9-20-13-7-5-4-6-12(13)16/h4-7H,8-11,17H2,1-3H3. The Kier molecular flexibility index (Phi) is 5.95. The first kappa shape index (κ1) is 16.4. The zero-order valence-corrected chi connectivity index (χ0v) is 12.4. The molecule has 0 aromatic heterocycles. The number of carbonyl (C=O) groups is 1. The Hall–Kier alpha value is -1.62. The lowest BCUT2D eigenvalue weighted by Gasteiger charge is -2.29. The molecule has 0 fully saturated rings. The minimum absolute atomic E-state index is 0.0390. The van der Waals surface area contributed by atoms with Gasteiger partial charge in [0.25, 0.3) is 0 Å². The molecule has 0 unspecified atom stereocenters. The third-order valence-corrected chi connectivity index (χ3v) is 3.05. The number of benzene rings is 1. The van der Waals surface area contributed by atoms with Gasteiger partial charge in [-0.1, -0.05) is 26.0 Å². The second-order valence-corrected chi connectivity index (χ2v) is 5.65. The van der Waals surface area contributed by atoms with Crippen LogP contribution in [0.4, 0.5) is 4.39 Å². The fourth-order valence-electron chi connectivity index (χ4n) is 1.80. The molecule has 0 saturated heterocycles. The molecule has 0 radical (unpaired) electrons. The normalized spacial score (nSPS) is 11.2. The van der Waals surface area contributed by atoms with Crippen LogP contribution in [-0.2, 0) is 4.79 Å². The molecule has 4 nitrogen and oxygen atoms in total. The van der Waals surface area contributed by atoms with Gasteiger partial charge in [0, 0.05) is 13.6 Å². The predicted molar refractivity (Wildman–Crippen MR) is 77.0 cm³/mol. The van der Waals surface area contributed by atoms with Crippen LogP contribution in [0.1, 0.15) is 20.3 Å². The molecule has 1 aromatic rings. The van der Waals surface area contributed by atoms with E-state index in [0.717, 1.165) is 0 Å². The summed E-state index contributed by atoms with van der Waals surface area (Å²) in [5, 5.41) is 0. The van der Waals surface area contributed by atoms with Crippen molar-refractivity contribution in [3.63, 3.8) is 0 Å². The summed E-state index contributed by atoms with van der Waals surface area (Å²) in [5.74, 6) is -0.286. The zero-order chi connectivity index (χ0) is 15.2. The lowest BCUT2D eigenvalue weighted by molar-refractivity contribution is -0.131. The Labute approximate surface area is 119 Å². The number of nitrogens with two attached hydrogens (primary N) is 1. The van der Waals surface area contributed by atoms with Gasteiger partial charge < -0.3 is 15.4 Å². The fraction of sp³-hybridized carbons (Fsp3) is 0.533. The van der Waals surface area contributed by atoms with Gasteiger partial charge in [-0.25, -0.2) is 4.39 Å². The first-order valence-corrected chi connectivity index (χ1v) is 6.67. The highest BCUT2D eigenvalue weighted by Crippen LogP contribution is 2.16. The summed E-state index contributed by atoms with van der Waals surface area (Å²) < 4.78 is 18.6. The highest BCUT2D eigenvalue weighted by Gasteiger charge is 2.20. The van der Waals surface area contributed by atoms with Crippen LogP contribution in [0.3, 0.4) is 0 Å². The molecule has 0 spiro atoms. The van der Waals surface area contributed by atoms with Crippen LogP contribution in [0, 0.1) is 11.2 Å². The summed E-state index contributed by atoms with van der Waals surface area (Å²) in [5.41, 5.74) is 5.53. The molecule has 20 heavy (non-hydrogen) atoms. The minimum Gasteiger partial charge on any atom is -0.490 e. The monoisotopic (exact) mass is 282 g/mol. The molecular formula is C15H23FN2O2. The van der Waals surface area contributed by atoms with Crippen molar-refractivity contribution in [2.45, 2.75) is 20.3 Å². The van der Waals surface area contributed by atoms with Crippen molar-refractivity contribution in [3.05, 3.63) is 30.1 Å². The van der Waals surface area contributed by atoms with E-state index in [0.29, 0.717) is 13.1 Å². The van der Waals surface area contributed by atoms with E-state index in [1.165, 1.54) is 6.07 Å². The maximum Gasteiger partial charge on any atom is 0.225 e. The Morgan fingerprint density at radius 3 is 2.65 bits per heavy atom. The van der Waals surface area contributed by atoms with E-state index >= 15 is 0 Å². The number of hydrogen-bond donors (Lipinski definition) is 1. The highest BCUT2D eigenvalue weighted by molar-refractivity contribution is 5.76. The highest BCUT2D eigenvalue weighted by atomic mass is 19.1. The SMILES string of the molecule is CN(CC(C)(C)CN)C(=O)CCOc1ccccc1F. The molecule has 0 aliphatic heterocycles. The van der Waals surface area contributed by atoms with E-state index in [2.05, 4.69) is 0 Å². The number of para-hydroxylation sites is 1. The molecule has 112 valence electrons. The second-order valence-electron chi connectivity index (χ2n) is 5.65. The number of nitrogens with zero attached hydrogens (tertiary/aromatic N) is 1. The molecule has 1 rings (SSSR count). The van der Waals surface area contributed by atoms with Crippen molar-refractivity contribution < 1.29 is 13.9 Å². The van der Waals surface area contributed by atoms with Crippen LogP contribution < -0.4 is 10.5 Å². The summed E-state index contributed by atoms with van der Waals surface area (Å²) in [7, 11) is 1.74. The van der Waals surface area contributed by atoms with Crippen LogP contribution in [0.15, 0.2) is 24.3 Å². The number of hydrogen-bond acceptors (Lipinski definition) is 3. The molecule has 1 amide bonds.